The topological polar surface area (TPSA) is 157 Å². The molecule has 2 aromatic heterocycles. The molecule has 0 radical (unpaired) electrons. The summed E-state index contributed by atoms with van der Waals surface area (Å²) in [7, 11) is 1.36. The van der Waals surface area contributed by atoms with Crippen LogP contribution in [-0.2, 0) is 9.59 Å². The zero-order chi connectivity index (χ0) is 31.4. The molecule has 43 heavy (non-hydrogen) atoms. The summed E-state index contributed by atoms with van der Waals surface area (Å²) in [5.74, 6) is -5.17. The van der Waals surface area contributed by atoms with Crippen LogP contribution in [-0.4, -0.2) is 59.1 Å². The first-order valence-electron chi connectivity index (χ1n) is 13.2. The van der Waals surface area contributed by atoms with E-state index in [0.717, 1.165) is 22.7 Å². The van der Waals surface area contributed by atoms with E-state index in [1.807, 2.05) is 0 Å². The first-order chi connectivity index (χ1) is 20.4. The molecule has 0 saturated carbocycles. The number of phenols is 1. The third kappa shape index (κ3) is 7.23. The van der Waals surface area contributed by atoms with Crippen LogP contribution in [0.25, 0.3) is 20.2 Å². The van der Waals surface area contributed by atoms with Gasteiger partial charge in [-0.1, -0.05) is 13.8 Å². The quantitative estimate of drug-likeness (QED) is 0.0989. The Bertz CT molecular complexity index is 1710. The second-order valence-electron chi connectivity index (χ2n) is 10.00. The maximum Gasteiger partial charge on any atom is 0.306 e. The highest BCUT2D eigenvalue weighted by atomic mass is 32.1. The summed E-state index contributed by atoms with van der Waals surface area (Å²) in [6.45, 7) is 3.04. The third-order valence-electron chi connectivity index (χ3n) is 6.67. The first-order valence-corrected chi connectivity index (χ1v) is 14.9. The highest BCUT2D eigenvalue weighted by Gasteiger charge is 2.23. The number of phenolic OH excluding ortho intramolecular Hbond substituents is 1. The summed E-state index contributed by atoms with van der Waals surface area (Å²) < 4.78 is 33.2. The molecule has 4 rings (SSSR count). The van der Waals surface area contributed by atoms with E-state index in [1.54, 1.807) is 18.2 Å². The summed E-state index contributed by atoms with van der Waals surface area (Å²) in [5, 5.41) is 29.4. The van der Waals surface area contributed by atoms with Gasteiger partial charge in [0.2, 0.25) is 0 Å². The molecule has 4 aromatic rings. The molecule has 2 aromatic carbocycles. The number of ketones is 2. The first kappa shape index (κ1) is 31.7. The van der Waals surface area contributed by atoms with Crippen LogP contribution in [0.5, 0.6) is 23.0 Å². The zero-order valence-electron chi connectivity index (χ0n) is 23.5. The van der Waals surface area contributed by atoms with Gasteiger partial charge in [0.15, 0.2) is 40.4 Å². The van der Waals surface area contributed by atoms with Crippen molar-refractivity contribution >= 4 is 66.4 Å². The van der Waals surface area contributed by atoms with Crippen molar-refractivity contribution in [2.45, 2.75) is 33.1 Å². The monoisotopic (exact) mass is 632 g/mol. The maximum atomic E-state index is 15.4. The second kappa shape index (κ2) is 13.4. The van der Waals surface area contributed by atoms with Gasteiger partial charge in [0.25, 0.3) is 0 Å². The van der Waals surface area contributed by atoms with Crippen molar-refractivity contribution in [3.05, 3.63) is 45.9 Å². The molecular formula is C30H29FO10S2. The smallest absolute Gasteiger partial charge is 0.306 e. The molecule has 0 aliphatic carbocycles. The van der Waals surface area contributed by atoms with Crippen LogP contribution in [0.2, 0.25) is 0 Å². The molecular weight excluding hydrogens is 603 g/mol. The molecule has 3 N–H and O–H groups in total. The number of aromatic hydroxyl groups is 1. The lowest BCUT2D eigenvalue weighted by Gasteiger charge is -2.13. The lowest BCUT2D eigenvalue weighted by Crippen LogP contribution is -2.13. The van der Waals surface area contributed by atoms with Crippen molar-refractivity contribution in [2.75, 3.05) is 20.3 Å². The van der Waals surface area contributed by atoms with Crippen LogP contribution < -0.4 is 14.2 Å². The number of hydrogen-bond acceptors (Lipinski definition) is 10. The number of thiophene rings is 2. The SMILES string of the molecule is COc1cc2sc(C(=O)CC(C)C(=O)O)cc2c(F)c1OCCCOc1cc2cc(C(=O)CC(C)C(=O)O)sc2cc1O. The minimum Gasteiger partial charge on any atom is -0.504 e. The minimum atomic E-state index is -1.09. The van der Waals surface area contributed by atoms with Gasteiger partial charge < -0.3 is 29.5 Å². The lowest BCUT2D eigenvalue weighted by molar-refractivity contribution is -0.141. The van der Waals surface area contributed by atoms with Crippen LogP contribution >= 0.6 is 22.7 Å². The number of carbonyl (C=O) groups is 4. The van der Waals surface area contributed by atoms with Crippen molar-refractivity contribution in [3.8, 4) is 23.0 Å². The van der Waals surface area contributed by atoms with Gasteiger partial charge in [-0.15, -0.1) is 22.7 Å². The molecule has 0 amide bonds. The molecule has 13 heteroatoms. The Morgan fingerprint density at radius 1 is 0.814 bits per heavy atom. The predicted octanol–water partition coefficient (Wildman–Crippen LogP) is 6.40. The molecule has 228 valence electrons. The Labute approximate surface area is 253 Å². The number of carbonyl (C=O) groups excluding carboxylic acids is 2. The van der Waals surface area contributed by atoms with Gasteiger partial charge in [-0.25, -0.2) is 4.39 Å². The molecule has 0 saturated heterocycles. The average Bonchev–Trinajstić information content (AvgIpc) is 3.58. The van der Waals surface area contributed by atoms with Gasteiger partial charge >= 0.3 is 11.9 Å². The predicted molar refractivity (Wildman–Crippen MR) is 159 cm³/mol. The number of benzene rings is 2. The summed E-state index contributed by atoms with van der Waals surface area (Å²) in [5.41, 5.74) is 0. The Balaban J connectivity index is 1.39. The highest BCUT2D eigenvalue weighted by Crippen LogP contribution is 2.41. The van der Waals surface area contributed by atoms with E-state index in [4.69, 9.17) is 24.4 Å². The number of hydrogen-bond donors (Lipinski definition) is 3. The number of methoxy groups -OCH3 is 1. The number of Topliss-reactive ketones (excluding diaryl/α,β-unsaturated/α-hetero) is 2. The van der Waals surface area contributed by atoms with E-state index in [1.165, 1.54) is 33.1 Å². The number of rotatable bonds is 15. The van der Waals surface area contributed by atoms with Gasteiger partial charge in [-0.2, -0.15) is 0 Å². The summed E-state index contributed by atoms with van der Waals surface area (Å²) >= 11 is 2.20. The standard InChI is InChI=1S/C30H29FO10S2/c1-14(29(35)36)7-19(33)25-10-16-9-21(18(32)12-23(16)42-25)40-5-4-6-41-28-22(39-3)13-24-17(27(28)31)11-26(43-24)20(34)8-15(2)30(37)38/h9-15,32H,4-8H2,1-3H3,(H,35,36)(H,37,38). The Morgan fingerprint density at radius 3 is 2.00 bits per heavy atom. The van der Waals surface area contributed by atoms with Gasteiger partial charge in [-0.05, 0) is 23.6 Å². The van der Waals surface area contributed by atoms with Crippen molar-refractivity contribution in [1.29, 1.82) is 0 Å². The molecule has 0 fully saturated rings. The number of fused-ring (bicyclic) bond motifs is 2. The molecule has 0 spiro atoms. The molecule has 2 atom stereocenters. The second-order valence-corrected chi connectivity index (χ2v) is 12.2. The van der Waals surface area contributed by atoms with Gasteiger partial charge in [0, 0.05) is 46.2 Å². The van der Waals surface area contributed by atoms with E-state index in [9.17, 15) is 24.3 Å². The number of carboxylic acids is 2. The molecule has 0 aliphatic rings. The van der Waals surface area contributed by atoms with Gasteiger partial charge in [-0.3, -0.25) is 19.2 Å². The Morgan fingerprint density at radius 2 is 1.40 bits per heavy atom. The van der Waals surface area contributed by atoms with Gasteiger partial charge in [0.1, 0.15) is 0 Å². The van der Waals surface area contributed by atoms with Crippen LogP contribution in [0, 0.1) is 17.7 Å². The number of aliphatic carboxylic acids is 2. The highest BCUT2D eigenvalue weighted by molar-refractivity contribution is 7.21. The van der Waals surface area contributed by atoms with Crippen LogP contribution in [0.1, 0.15) is 52.5 Å². The van der Waals surface area contributed by atoms with Crippen molar-refractivity contribution in [1.82, 2.24) is 0 Å². The molecule has 2 unspecified atom stereocenters. The van der Waals surface area contributed by atoms with Crippen molar-refractivity contribution in [3.63, 3.8) is 0 Å². The molecule has 10 nitrogen and oxygen atoms in total. The van der Waals surface area contributed by atoms with Crippen LogP contribution in [0.15, 0.2) is 30.3 Å². The normalized spacial score (nSPS) is 12.7. The van der Waals surface area contributed by atoms with E-state index in [2.05, 4.69) is 0 Å². The summed E-state index contributed by atoms with van der Waals surface area (Å²) in [4.78, 5) is 47.8. The van der Waals surface area contributed by atoms with E-state index < -0.39 is 35.4 Å². The molecule has 0 bridgehead atoms. The van der Waals surface area contributed by atoms with Gasteiger partial charge in [0.05, 0.1) is 41.9 Å². The average molecular weight is 633 g/mol. The summed E-state index contributed by atoms with van der Waals surface area (Å²) in [6, 6.07) is 7.63. The Kier molecular flexibility index (Phi) is 9.87. The van der Waals surface area contributed by atoms with Crippen molar-refractivity contribution < 1.29 is 53.1 Å². The van der Waals surface area contributed by atoms with Crippen LogP contribution in [0.3, 0.4) is 0 Å². The maximum absolute atomic E-state index is 15.4. The fourth-order valence-electron chi connectivity index (χ4n) is 4.18. The summed E-state index contributed by atoms with van der Waals surface area (Å²) in [6.07, 6.45) is -0.0306. The van der Waals surface area contributed by atoms with Crippen molar-refractivity contribution in [2.24, 2.45) is 11.8 Å². The van der Waals surface area contributed by atoms with E-state index >= 15 is 4.39 Å². The number of carboxylic acid groups (broad SMARTS) is 2. The number of halogens is 1. The number of ether oxygens (including phenoxy) is 3. The fourth-order valence-corrected chi connectivity index (χ4v) is 6.24. The molecule has 2 heterocycles. The largest absolute Gasteiger partial charge is 0.504 e. The molecule has 0 aliphatic heterocycles. The zero-order valence-corrected chi connectivity index (χ0v) is 25.1. The lowest BCUT2D eigenvalue weighted by atomic mass is 10.0. The minimum absolute atomic E-state index is 0.0344. The van der Waals surface area contributed by atoms with E-state index in [-0.39, 0.29) is 65.1 Å². The Hall–Kier alpha value is -4.23. The fraction of sp³-hybridized carbons (Fsp3) is 0.333. The van der Waals surface area contributed by atoms with E-state index in [0.29, 0.717) is 26.1 Å². The van der Waals surface area contributed by atoms with Crippen LogP contribution in [0.4, 0.5) is 4.39 Å². The third-order valence-corrected chi connectivity index (χ3v) is 8.93.